The van der Waals surface area contributed by atoms with Crippen LogP contribution in [0, 0.1) is 10.8 Å². The first-order chi connectivity index (χ1) is 10.4. The normalized spacial score (nSPS) is 12.3. The summed E-state index contributed by atoms with van der Waals surface area (Å²) in [7, 11) is 0. The number of hydrogen-bond acceptors (Lipinski definition) is 2. The third kappa shape index (κ3) is 13.3. The maximum atomic E-state index is 12.5. The molecule has 0 atom stereocenters. The van der Waals surface area contributed by atoms with Gasteiger partial charge in [-0.25, -0.2) is 0 Å². The summed E-state index contributed by atoms with van der Waals surface area (Å²) in [5, 5.41) is 0. The van der Waals surface area contributed by atoms with Gasteiger partial charge in [-0.1, -0.05) is 54.9 Å². The molecular formula is C20H39NO2. The number of hydrogen-bond donors (Lipinski definition) is 0. The molecular weight excluding hydrogens is 286 g/mol. The van der Waals surface area contributed by atoms with Crippen LogP contribution in [0.2, 0.25) is 0 Å². The molecule has 136 valence electrons. The third-order valence-corrected chi connectivity index (χ3v) is 4.04. The first-order valence-electron chi connectivity index (χ1n) is 9.24. The highest BCUT2D eigenvalue weighted by atomic mass is 16.2. The van der Waals surface area contributed by atoms with Crippen molar-refractivity contribution in [3.05, 3.63) is 0 Å². The molecule has 0 aliphatic carbocycles. The molecule has 0 bridgehead atoms. The molecule has 0 radical (unpaired) electrons. The van der Waals surface area contributed by atoms with E-state index < -0.39 is 0 Å². The number of rotatable bonds is 10. The van der Waals surface area contributed by atoms with Crippen LogP contribution < -0.4 is 0 Å². The van der Waals surface area contributed by atoms with E-state index in [1.165, 1.54) is 0 Å². The summed E-state index contributed by atoms with van der Waals surface area (Å²) in [5.41, 5.74) is 0.439. The summed E-state index contributed by atoms with van der Waals surface area (Å²) in [5.74, 6) is 0.371. The van der Waals surface area contributed by atoms with Gasteiger partial charge >= 0.3 is 0 Å². The van der Waals surface area contributed by atoms with Gasteiger partial charge in [-0.2, -0.15) is 0 Å². The molecule has 0 heterocycles. The Morgan fingerprint density at radius 3 is 1.65 bits per heavy atom. The van der Waals surface area contributed by atoms with Gasteiger partial charge in [-0.05, 0) is 30.1 Å². The molecule has 1 amide bonds. The van der Waals surface area contributed by atoms with Crippen LogP contribution in [0.25, 0.3) is 0 Å². The van der Waals surface area contributed by atoms with E-state index in [0.29, 0.717) is 19.3 Å². The monoisotopic (exact) mass is 325 g/mol. The zero-order valence-electron chi connectivity index (χ0n) is 16.6. The lowest BCUT2D eigenvalue weighted by Gasteiger charge is -2.29. The Morgan fingerprint density at radius 2 is 1.26 bits per heavy atom. The molecule has 0 aromatic rings. The second-order valence-corrected chi connectivity index (χ2v) is 9.14. The number of amides is 1. The lowest BCUT2D eigenvalue weighted by molar-refractivity contribution is -0.133. The number of nitrogens with zero attached hydrogens (tertiary/aromatic N) is 1. The minimum Gasteiger partial charge on any atom is -0.343 e. The Balaban J connectivity index is 4.51. The molecule has 3 nitrogen and oxygen atoms in total. The van der Waals surface area contributed by atoms with Crippen molar-refractivity contribution < 1.29 is 9.59 Å². The van der Waals surface area contributed by atoms with E-state index in [1.807, 2.05) is 4.90 Å². The van der Waals surface area contributed by atoms with E-state index in [0.717, 1.165) is 38.8 Å². The maximum Gasteiger partial charge on any atom is 0.223 e. The summed E-state index contributed by atoms with van der Waals surface area (Å²) in [6, 6.07) is 0. The van der Waals surface area contributed by atoms with Crippen LogP contribution in [0.15, 0.2) is 0 Å². The van der Waals surface area contributed by atoms with Crippen LogP contribution in [0.1, 0.15) is 93.4 Å². The van der Waals surface area contributed by atoms with Crippen LogP contribution in [0.5, 0.6) is 0 Å². The van der Waals surface area contributed by atoms with Crippen molar-refractivity contribution in [3.63, 3.8) is 0 Å². The molecule has 0 aliphatic heterocycles. The largest absolute Gasteiger partial charge is 0.343 e. The van der Waals surface area contributed by atoms with Crippen molar-refractivity contribution in [1.82, 2.24) is 4.90 Å². The van der Waals surface area contributed by atoms with Crippen LogP contribution in [0.3, 0.4) is 0 Å². The molecule has 0 saturated carbocycles. The van der Waals surface area contributed by atoms with E-state index in [1.54, 1.807) is 0 Å². The minimum atomic E-state index is 0.142. The van der Waals surface area contributed by atoms with E-state index >= 15 is 0 Å². The number of ketones is 1. The summed E-state index contributed by atoms with van der Waals surface area (Å²) in [6.45, 7) is 16.9. The quantitative estimate of drug-likeness (QED) is 0.551. The van der Waals surface area contributed by atoms with Crippen molar-refractivity contribution in [1.29, 1.82) is 0 Å². The fourth-order valence-corrected chi connectivity index (χ4v) is 2.21. The molecule has 0 aromatic carbocycles. The lowest BCUT2D eigenvalue weighted by Crippen LogP contribution is -2.36. The SMILES string of the molecule is CCCCC(=O)CCC(=O)N(CCC(C)(C)C)CCC(C)(C)C. The third-order valence-electron chi connectivity index (χ3n) is 4.04. The summed E-state index contributed by atoms with van der Waals surface area (Å²) >= 11 is 0. The van der Waals surface area contributed by atoms with E-state index in [4.69, 9.17) is 0 Å². The molecule has 0 fully saturated rings. The summed E-state index contributed by atoms with van der Waals surface area (Å²) < 4.78 is 0. The molecule has 0 N–H and O–H groups in total. The second kappa shape index (κ2) is 10.1. The highest BCUT2D eigenvalue weighted by molar-refractivity contribution is 5.84. The van der Waals surface area contributed by atoms with Crippen LogP contribution >= 0.6 is 0 Å². The predicted octanol–water partition coefficient (Wildman–Crippen LogP) is 5.23. The fraction of sp³-hybridized carbons (Fsp3) is 0.900. The second-order valence-electron chi connectivity index (χ2n) is 9.14. The van der Waals surface area contributed by atoms with Crippen molar-refractivity contribution >= 4 is 11.7 Å². The van der Waals surface area contributed by atoms with Gasteiger partial charge in [0.15, 0.2) is 0 Å². The lowest BCUT2D eigenvalue weighted by atomic mass is 9.90. The molecule has 0 aliphatic rings. The van der Waals surface area contributed by atoms with E-state index in [2.05, 4.69) is 48.5 Å². The fourth-order valence-electron chi connectivity index (χ4n) is 2.21. The van der Waals surface area contributed by atoms with Gasteiger partial charge in [0, 0.05) is 32.4 Å². The van der Waals surface area contributed by atoms with Gasteiger partial charge in [0.25, 0.3) is 0 Å². The zero-order valence-corrected chi connectivity index (χ0v) is 16.6. The summed E-state index contributed by atoms with van der Waals surface area (Å²) in [4.78, 5) is 26.3. The van der Waals surface area contributed by atoms with E-state index in [-0.39, 0.29) is 22.5 Å². The molecule has 23 heavy (non-hydrogen) atoms. The molecule has 3 heteroatoms. The minimum absolute atomic E-state index is 0.142. The maximum absolute atomic E-state index is 12.5. The van der Waals surface area contributed by atoms with Crippen molar-refractivity contribution in [2.45, 2.75) is 93.4 Å². The van der Waals surface area contributed by atoms with Crippen molar-refractivity contribution in [2.75, 3.05) is 13.1 Å². The van der Waals surface area contributed by atoms with Crippen molar-refractivity contribution in [3.8, 4) is 0 Å². The Bertz CT molecular complexity index is 343. The van der Waals surface area contributed by atoms with Gasteiger partial charge < -0.3 is 4.90 Å². The predicted molar refractivity (Wildman–Crippen MR) is 98.5 cm³/mol. The number of unbranched alkanes of at least 4 members (excludes halogenated alkanes) is 1. The number of carbonyl (C=O) groups excluding carboxylic acids is 2. The van der Waals surface area contributed by atoms with Crippen LogP contribution in [0.4, 0.5) is 0 Å². The molecule has 0 unspecified atom stereocenters. The smallest absolute Gasteiger partial charge is 0.223 e. The molecule has 0 spiro atoms. The topological polar surface area (TPSA) is 37.4 Å². The zero-order chi connectivity index (χ0) is 18.1. The van der Waals surface area contributed by atoms with Gasteiger partial charge in [-0.3, -0.25) is 9.59 Å². The van der Waals surface area contributed by atoms with Crippen LogP contribution in [-0.4, -0.2) is 29.7 Å². The summed E-state index contributed by atoms with van der Waals surface area (Å²) in [6.07, 6.45) is 5.35. The van der Waals surface area contributed by atoms with E-state index in [9.17, 15) is 9.59 Å². The Morgan fingerprint density at radius 1 is 0.783 bits per heavy atom. The van der Waals surface area contributed by atoms with Gasteiger partial charge in [0.1, 0.15) is 5.78 Å². The first kappa shape index (κ1) is 22.1. The average Bonchev–Trinajstić information content (AvgIpc) is 2.40. The van der Waals surface area contributed by atoms with Crippen LogP contribution in [-0.2, 0) is 9.59 Å². The average molecular weight is 326 g/mol. The molecule has 0 saturated heterocycles. The highest BCUT2D eigenvalue weighted by Gasteiger charge is 2.20. The van der Waals surface area contributed by atoms with Gasteiger partial charge in [-0.15, -0.1) is 0 Å². The Kier molecular flexibility index (Phi) is 9.72. The first-order valence-corrected chi connectivity index (χ1v) is 9.24. The standard InChI is InChI=1S/C20H39NO2/c1-8-9-10-17(22)11-12-18(23)21(15-13-19(2,3)4)16-14-20(5,6)7/h8-16H2,1-7H3. The number of Topliss-reactive ketones (excluding diaryl/α,β-unsaturated/α-hetero) is 1. The van der Waals surface area contributed by atoms with Gasteiger partial charge in [0.05, 0.1) is 0 Å². The van der Waals surface area contributed by atoms with Gasteiger partial charge in [0.2, 0.25) is 5.91 Å². The molecule has 0 rings (SSSR count). The Labute approximate surface area is 144 Å². The Hall–Kier alpha value is -0.860. The van der Waals surface area contributed by atoms with Crippen molar-refractivity contribution in [2.24, 2.45) is 10.8 Å². The highest BCUT2D eigenvalue weighted by Crippen LogP contribution is 2.22. The number of carbonyl (C=O) groups is 2. The molecule has 0 aromatic heterocycles.